The second kappa shape index (κ2) is 11.7. The van der Waals surface area contributed by atoms with Crippen molar-refractivity contribution in [2.24, 2.45) is 17.8 Å². The van der Waals surface area contributed by atoms with Gasteiger partial charge in [0.25, 0.3) is 0 Å². The van der Waals surface area contributed by atoms with Gasteiger partial charge in [-0.25, -0.2) is 0 Å². The van der Waals surface area contributed by atoms with Gasteiger partial charge in [0.15, 0.2) is 0 Å². The first-order valence-electron chi connectivity index (χ1n) is 14.6. The quantitative estimate of drug-likeness (QED) is 0.360. The molecule has 3 aliphatic heterocycles. The van der Waals surface area contributed by atoms with Crippen LogP contribution in [0.4, 0.5) is 11.4 Å². The van der Waals surface area contributed by atoms with Gasteiger partial charge in [0, 0.05) is 35.8 Å². The maximum Gasteiger partial charge on any atom is 0.248 e. The topological polar surface area (TPSA) is 102 Å². The fourth-order valence-electron chi connectivity index (χ4n) is 7.19. The predicted octanol–water partition coefficient (Wildman–Crippen LogP) is 3.89. The molecule has 3 heterocycles. The van der Waals surface area contributed by atoms with E-state index in [0.717, 1.165) is 31.6 Å². The minimum atomic E-state index is -0.760. The Labute approximate surface area is 237 Å². The molecule has 39 heavy (non-hydrogen) atoms. The molecule has 1 aromatic rings. The summed E-state index contributed by atoms with van der Waals surface area (Å²) < 4.78 is -1.10. The smallest absolute Gasteiger partial charge is 0.248 e. The summed E-state index contributed by atoms with van der Waals surface area (Å²) in [6.07, 6.45) is 2.87. The molecule has 9 heteroatoms. The summed E-state index contributed by atoms with van der Waals surface area (Å²) in [6, 6.07) is 6.57. The molecule has 3 N–H and O–H groups in total. The number of carbonyl (C=O) groups is 3. The monoisotopic (exact) mass is 558 g/mol. The number of hydrogen-bond donors (Lipinski definition) is 3. The fourth-order valence-corrected chi connectivity index (χ4v) is 9.53. The molecular weight excluding hydrogens is 512 g/mol. The normalized spacial score (nSPS) is 30.0. The molecule has 6 atom stereocenters. The van der Waals surface area contributed by atoms with Crippen molar-refractivity contribution in [3.8, 4) is 0 Å². The van der Waals surface area contributed by atoms with E-state index in [0.29, 0.717) is 25.1 Å². The lowest BCUT2D eigenvalue weighted by Gasteiger charge is -2.37. The summed E-state index contributed by atoms with van der Waals surface area (Å²) in [5, 5.41) is 16.6. The Balaban J connectivity index is 1.70. The molecule has 3 amide bonds. The van der Waals surface area contributed by atoms with Crippen LogP contribution in [0, 0.1) is 17.8 Å². The highest BCUT2D eigenvalue weighted by Crippen LogP contribution is 2.71. The number of rotatable bonds is 12. The lowest BCUT2D eigenvalue weighted by Crippen LogP contribution is -2.55. The van der Waals surface area contributed by atoms with E-state index >= 15 is 0 Å². The van der Waals surface area contributed by atoms with Gasteiger partial charge in [-0.3, -0.25) is 14.4 Å². The van der Waals surface area contributed by atoms with Crippen LogP contribution in [0.15, 0.2) is 24.3 Å². The van der Waals surface area contributed by atoms with Crippen molar-refractivity contribution in [2.75, 3.05) is 36.5 Å². The van der Waals surface area contributed by atoms with Gasteiger partial charge in [-0.1, -0.05) is 20.8 Å². The van der Waals surface area contributed by atoms with Crippen molar-refractivity contribution < 1.29 is 19.5 Å². The Kier molecular flexibility index (Phi) is 8.91. The molecule has 2 bridgehead atoms. The molecule has 4 rings (SSSR count). The van der Waals surface area contributed by atoms with Gasteiger partial charge < -0.3 is 25.5 Å². The van der Waals surface area contributed by atoms with Crippen molar-refractivity contribution in [2.45, 2.75) is 88.8 Å². The van der Waals surface area contributed by atoms with Crippen molar-refractivity contribution in [3.63, 3.8) is 0 Å². The number of thioether (sulfide) groups is 1. The van der Waals surface area contributed by atoms with Crippen LogP contribution in [0.5, 0.6) is 0 Å². The molecule has 2 unspecified atom stereocenters. The number of hydrogen-bond acceptors (Lipinski definition) is 6. The number of likely N-dealkylation sites (tertiary alicyclic amines) is 1. The van der Waals surface area contributed by atoms with E-state index in [1.165, 1.54) is 0 Å². The molecule has 216 valence electrons. The van der Waals surface area contributed by atoms with Gasteiger partial charge in [0.2, 0.25) is 17.7 Å². The van der Waals surface area contributed by atoms with Crippen LogP contribution in [0.2, 0.25) is 0 Å². The van der Waals surface area contributed by atoms with Crippen LogP contribution in [0.3, 0.4) is 0 Å². The van der Waals surface area contributed by atoms with Crippen LogP contribution in [-0.4, -0.2) is 75.5 Å². The molecule has 3 saturated heterocycles. The van der Waals surface area contributed by atoms with E-state index in [2.05, 4.69) is 50.2 Å². The number of aliphatic hydroxyl groups is 1. The molecule has 0 aliphatic carbocycles. The van der Waals surface area contributed by atoms with Crippen molar-refractivity contribution in [1.29, 1.82) is 0 Å². The molecule has 0 saturated carbocycles. The summed E-state index contributed by atoms with van der Waals surface area (Å²) in [5.41, 5.74) is 1.76. The molecular formula is C30H46N4O4S. The van der Waals surface area contributed by atoms with E-state index < -0.39 is 33.4 Å². The van der Waals surface area contributed by atoms with Gasteiger partial charge in [-0.2, -0.15) is 0 Å². The highest BCUT2D eigenvalue weighted by Gasteiger charge is 2.77. The number of amides is 3. The van der Waals surface area contributed by atoms with Gasteiger partial charge >= 0.3 is 0 Å². The first kappa shape index (κ1) is 29.7. The highest BCUT2D eigenvalue weighted by atomic mass is 32.2. The molecule has 1 aromatic carbocycles. The molecule has 1 spiro atoms. The number of carbonyl (C=O) groups excluding carboxylic acids is 3. The van der Waals surface area contributed by atoms with Crippen molar-refractivity contribution in [1.82, 2.24) is 10.2 Å². The molecule has 0 radical (unpaired) electrons. The summed E-state index contributed by atoms with van der Waals surface area (Å²) >= 11 is 1.66. The average Bonchev–Trinajstić information content (AvgIpc) is 3.48. The SMILES string of the molecule is CCCNC(=O)[C@H]1[C@H]2C(=O)N([C@@H](CO)CC(C)C)C(C(=O)Nc3ccc(N(CC)CC)cc3)C23CC[C@]1(C)S3. The maximum absolute atomic E-state index is 14.3. The summed E-state index contributed by atoms with van der Waals surface area (Å²) in [7, 11) is 0. The third-order valence-corrected chi connectivity index (χ3v) is 10.9. The number of aliphatic hydroxyl groups excluding tert-OH is 1. The van der Waals surface area contributed by atoms with E-state index in [4.69, 9.17) is 0 Å². The van der Waals surface area contributed by atoms with Gasteiger partial charge in [0.05, 0.1) is 29.2 Å². The summed E-state index contributed by atoms with van der Waals surface area (Å²) in [6.45, 7) is 14.6. The van der Waals surface area contributed by atoms with Crippen molar-refractivity contribution in [3.05, 3.63) is 24.3 Å². The molecule has 0 aromatic heterocycles. The summed E-state index contributed by atoms with van der Waals surface area (Å²) in [5.74, 6) is -1.35. The zero-order valence-electron chi connectivity index (χ0n) is 24.3. The average molecular weight is 559 g/mol. The van der Waals surface area contributed by atoms with Crippen LogP contribution in [0.25, 0.3) is 0 Å². The molecule has 3 fully saturated rings. The van der Waals surface area contributed by atoms with Crippen LogP contribution in [0.1, 0.15) is 67.2 Å². The number of fused-ring (bicyclic) bond motifs is 1. The summed E-state index contributed by atoms with van der Waals surface area (Å²) in [4.78, 5) is 45.8. The number of nitrogens with zero attached hydrogens (tertiary/aromatic N) is 2. The van der Waals surface area contributed by atoms with Gasteiger partial charge in [-0.05, 0) is 76.6 Å². The van der Waals surface area contributed by atoms with Crippen molar-refractivity contribution >= 4 is 40.9 Å². The van der Waals surface area contributed by atoms with Crippen LogP contribution in [-0.2, 0) is 14.4 Å². The number of anilines is 2. The second-order valence-corrected chi connectivity index (χ2v) is 13.8. The third-order valence-electron chi connectivity index (χ3n) is 8.91. The third kappa shape index (κ3) is 5.17. The van der Waals surface area contributed by atoms with Crippen LogP contribution < -0.4 is 15.5 Å². The largest absolute Gasteiger partial charge is 0.394 e. The maximum atomic E-state index is 14.3. The number of benzene rings is 1. The Hall–Kier alpha value is -2.26. The minimum Gasteiger partial charge on any atom is -0.394 e. The van der Waals surface area contributed by atoms with Crippen LogP contribution >= 0.6 is 11.8 Å². The fraction of sp³-hybridized carbons (Fsp3) is 0.700. The predicted molar refractivity (Wildman–Crippen MR) is 158 cm³/mol. The Morgan fingerprint density at radius 2 is 1.79 bits per heavy atom. The van der Waals surface area contributed by atoms with Gasteiger partial charge in [-0.15, -0.1) is 11.8 Å². The van der Waals surface area contributed by atoms with Gasteiger partial charge in [0.1, 0.15) is 6.04 Å². The Morgan fingerprint density at radius 1 is 1.13 bits per heavy atom. The van der Waals surface area contributed by atoms with E-state index in [1.807, 2.05) is 31.2 Å². The molecule has 8 nitrogen and oxygen atoms in total. The standard InChI is InChI=1S/C30H46N4O4S/c1-7-16-31-26(36)23-24-28(38)34(22(18-35)17-19(4)5)25(30(24)15-14-29(23,6)39-30)27(37)32-20-10-12-21(13-11-20)33(8-2)9-3/h10-13,19,22-25,35H,7-9,14-18H2,1-6H3,(H,31,36)(H,32,37)/t22-,23-,24+,25?,29+,30?/m1/s1. The Bertz CT molecular complexity index is 1060. The lowest BCUT2D eigenvalue weighted by atomic mass is 9.66. The number of nitrogens with one attached hydrogen (secondary N) is 2. The van der Waals surface area contributed by atoms with E-state index in [1.54, 1.807) is 16.7 Å². The zero-order chi connectivity index (χ0) is 28.5. The molecule has 3 aliphatic rings. The lowest BCUT2D eigenvalue weighted by molar-refractivity contribution is -0.143. The first-order chi connectivity index (χ1) is 18.6. The van der Waals surface area contributed by atoms with E-state index in [-0.39, 0.29) is 30.2 Å². The minimum absolute atomic E-state index is 0.0933. The Morgan fingerprint density at radius 3 is 2.36 bits per heavy atom. The highest BCUT2D eigenvalue weighted by molar-refractivity contribution is 8.02. The second-order valence-electron chi connectivity index (χ2n) is 11.9. The first-order valence-corrected chi connectivity index (χ1v) is 15.4. The van der Waals surface area contributed by atoms with E-state index in [9.17, 15) is 19.5 Å². The zero-order valence-corrected chi connectivity index (χ0v) is 25.1.